The second-order valence-corrected chi connectivity index (χ2v) is 7.25. The molecule has 6 nitrogen and oxygen atoms in total. The lowest BCUT2D eigenvalue weighted by Gasteiger charge is -2.34. The van der Waals surface area contributed by atoms with Crippen molar-refractivity contribution in [2.75, 3.05) is 39.2 Å². The predicted octanol–water partition coefficient (Wildman–Crippen LogP) is 1.06. The van der Waals surface area contributed by atoms with E-state index in [4.69, 9.17) is 4.74 Å². The van der Waals surface area contributed by atoms with Gasteiger partial charge in [0, 0.05) is 33.2 Å². The molecular weight excluding hydrogens is 290 g/mol. The molecule has 0 aromatic heterocycles. The van der Waals surface area contributed by atoms with Crippen LogP contribution in [0.1, 0.15) is 12.8 Å². The van der Waals surface area contributed by atoms with Gasteiger partial charge in [0.15, 0.2) is 0 Å². The zero-order chi connectivity index (χ0) is 15.5. The molecular formula is C14H23N3O3S. The minimum absolute atomic E-state index is 0.0108. The fourth-order valence-corrected chi connectivity index (χ4v) is 3.31. The van der Waals surface area contributed by atoms with Crippen LogP contribution in [0.3, 0.4) is 0 Å². The zero-order valence-electron chi connectivity index (χ0n) is 12.7. The SMILES string of the molecule is COc1ccccc1N1CCC(NS(=O)(=O)N(C)C)CC1. The highest BCUT2D eigenvalue weighted by atomic mass is 32.2. The smallest absolute Gasteiger partial charge is 0.279 e. The number of benzene rings is 1. The molecule has 0 spiro atoms. The first-order chi connectivity index (χ1) is 9.94. The summed E-state index contributed by atoms with van der Waals surface area (Å²) >= 11 is 0. The summed E-state index contributed by atoms with van der Waals surface area (Å²) in [5.74, 6) is 0.852. The van der Waals surface area contributed by atoms with Crippen LogP contribution in [0.4, 0.5) is 5.69 Å². The number of nitrogens with zero attached hydrogens (tertiary/aromatic N) is 2. The zero-order valence-corrected chi connectivity index (χ0v) is 13.6. The van der Waals surface area contributed by atoms with E-state index in [9.17, 15) is 8.42 Å². The highest BCUT2D eigenvalue weighted by molar-refractivity contribution is 7.87. The molecule has 1 aromatic rings. The van der Waals surface area contributed by atoms with Crippen LogP contribution in [0.25, 0.3) is 0 Å². The van der Waals surface area contributed by atoms with Crippen molar-refractivity contribution in [3.05, 3.63) is 24.3 Å². The molecule has 1 aromatic carbocycles. The van der Waals surface area contributed by atoms with Crippen molar-refractivity contribution >= 4 is 15.9 Å². The fraction of sp³-hybridized carbons (Fsp3) is 0.571. The molecule has 1 saturated heterocycles. The number of hydrogen-bond acceptors (Lipinski definition) is 4. The van der Waals surface area contributed by atoms with E-state index in [2.05, 4.69) is 9.62 Å². The predicted molar refractivity (Wildman–Crippen MR) is 84.0 cm³/mol. The first-order valence-corrected chi connectivity index (χ1v) is 8.46. The summed E-state index contributed by atoms with van der Waals surface area (Å²) in [6, 6.07) is 7.89. The van der Waals surface area contributed by atoms with Gasteiger partial charge in [-0.05, 0) is 25.0 Å². The highest BCUT2D eigenvalue weighted by Gasteiger charge is 2.25. The van der Waals surface area contributed by atoms with Gasteiger partial charge in [-0.25, -0.2) is 0 Å². The lowest BCUT2D eigenvalue weighted by atomic mass is 10.1. The fourth-order valence-electron chi connectivity index (χ4n) is 2.45. The van der Waals surface area contributed by atoms with Crippen molar-refractivity contribution in [2.45, 2.75) is 18.9 Å². The van der Waals surface area contributed by atoms with Gasteiger partial charge in [-0.15, -0.1) is 0 Å². The standard InChI is InChI=1S/C14H23N3O3S/c1-16(2)21(18,19)15-12-8-10-17(11-9-12)13-6-4-5-7-14(13)20-3/h4-7,12,15H,8-11H2,1-3H3. The van der Waals surface area contributed by atoms with E-state index in [1.807, 2.05) is 24.3 Å². The lowest BCUT2D eigenvalue weighted by Crippen LogP contribution is -2.47. The van der Waals surface area contributed by atoms with Gasteiger partial charge in [-0.2, -0.15) is 17.4 Å². The van der Waals surface area contributed by atoms with Crippen molar-refractivity contribution in [3.63, 3.8) is 0 Å². The second-order valence-electron chi connectivity index (χ2n) is 5.34. The van der Waals surface area contributed by atoms with Gasteiger partial charge in [-0.1, -0.05) is 12.1 Å². The van der Waals surface area contributed by atoms with E-state index in [0.717, 1.165) is 37.4 Å². The molecule has 0 amide bonds. The van der Waals surface area contributed by atoms with Gasteiger partial charge in [0.05, 0.1) is 12.8 Å². The van der Waals surface area contributed by atoms with E-state index in [-0.39, 0.29) is 6.04 Å². The molecule has 1 N–H and O–H groups in total. The topological polar surface area (TPSA) is 61.9 Å². The summed E-state index contributed by atoms with van der Waals surface area (Å²) in [6.45, 7) is 1.61. The monoisotopic (exact) mass is 313 g/mol. The van der Waals surface area contributed by atoms with Crippen LogP contribution in [-0.4, -0.2) is 53.1 Å². The van der Waals surface area contributed by atoms with Crippen LogP contribution in [-0.2, 0) is 10.2 Å². The van der Waals surface area contributed by atoms with Crippen LogP contribution < -0.4 is 14.4 Å². The molecule has 118 valence electrons. The third kappa shape index (κ3) is 3.87. The van der Waals surface area contributed by atoms with E-state index in [1.54, 1.807) is 7.11 Å². The molecule has 1 aliphatic rings. The molecule has 21 heavy (non-hydrogen) atoms. The Morgan fingerprint density at radius 2 is 1.86 bits per heavy atom. The van der Waals surface area contributed by atoms with Crippen LogP contribution in [0.2, 0.25) is 0 Å². The summed E-state index contributed by atoms with van der Waals surface area (Å²) in [5.41, 5.74) is 1.06. The molecule has 0 aliphatic carbocycles. The van der Waals surface area contributed by atoms with Crippen molar-refractivity contribution in [1.29, 1.82) is 0 Å². The summed E-state index contributed by atoms with van der Waals surface area (Å²) < 4.78 is 33.0. The minimum Gasteiger partial charge on any atom is -0.495 e. The van der Waals surface area contributed by atoms with Gasteiger partial charge in [-0.3, -0.25) is 0 Å². The summed E-state index contributed by atoms with van der Waals surface area (Å²) in [4.78, 5) is 2.24. The Hall–Kier alpha value is -1.31. The Balaban J connectivity index is 1.98. The Morgan fingerprint density at radius 1 is 1.24 bits per heavy atom. The molecule has 0 saturated carbocycles. The maximum Gasteiger partial charge on any atom is 0.279 e. The number of nitrogens with one attached hydrogen (secondary N) is 1. The molecule has 2 rings (SSSR count). The number of rotatable bonds is 5. The molecule has 1 fully saturated rings. The molecule has 1 heterocycles. The maximum atomic E-state index is 11.8. The number of methoxy groups -OCH3 is 1. The maximum absolute atomic E-state index is 11.8. The molecule has 1 aliphatic heterocycles. The quantitative estimate of drug-likeness (QED) is 0.883. The Labute approximate surface area is 126 Å². The number of piperidine rings is 1. The Bertz CT molecular complexity index is 567. The van der Waals surface area contributed by atoms with Crippen molar-refractivity contribution in [2.24, 2.45) is 0 Å². The first-order valence-electron chi connectivity index (χ1n) is 7.02. The summed E-state index contributed by atoms with van der Waals surface area (Å²) in [6.07, 6.45) is 1.57. The van der Waals surface area contributed by atoms with E-state index < -0.39 is 10.2 Å². The van der Waals surface area contributed by atoms with Crippen LogP contribution in [0.15, 0.2) is 24.3 Å². The minimum atomic E-state index is -3.35. The third-order valence-corrected chi connectivity index (χ3v) is 5.31. The average Bonchev–Trinajstić information content (AvgIpc) is 2.47. The van der Waals surface area contributed by atoms with Gasteiger partial charge in [0.1, 0.15) is 5.75 Å². The number of ether oxygens (including phenoxy) is 1. The number of para-hydroxylation sites is 2. The van der Waals surface area contributed by atoms with E-state index >= 15 is 0 Å². The van der Waals surface area contributed by atoms with Gasteiger partial charge in [0.2, 0.25) is 0 Å². The highest BCUT2D eigenvalue weighted by Crippen LogP contribution is 2.29. The Morgan fingerprint density at radius 3 is 2.43 bits per heavy atom. The van der Waals surface area contributed by atoms with Gasteiger partial charge < -0.3 is 9.64 Å². The van der Waals surface area contributed by atoms with Crippen LogP contribution in [0.5, 0.6) is 5.75 Å². The first kappa shape index (κ1) is 16.1. The largest absolute Gasteiger partial charge is 0.495 e. The van der Waals surface area contributed by atoms with E-state index in [0.29, 0.717) is 0 Å². The Kier molecular flexibility index (Phi) is 5.08. The van der Waals surface area contributed by atoms with Crippen molar-refractivity contribution in [1.82, 2.24) is 9.03 Å². The van der Waals surface area contributed by atoms with Crippen LogP contribution in [0, 0.1) is 0 Å². The molecule has 7 heteroatoms. The number of anilines is 1. The van der Waals surface area contributed by atoms with Gasteiger partial charge in [0.25, 0.3) is 10.2 Å². The lowest BCUT2D eigenvalue weighted by molar-refractivity contribution is 0.406. The van der Waals surface area contributed by atoms with Crippen molar-refractivity contribution < 1.29 is 13.2 Å². The molecule has 0 radical (unpaired) electrons. The van der Waals surface area contributed by atoms with E-state index in [1.165, 1.54) is 18.4 Å². The van der Waals surface area contributed by atoms with Gasteiger partial charge >= 0.3 is 0 Å². The van der Waals surface area contributed by atoms with Crippen molar-refractivity contribution in [3.8, 4) is 5.75 Å². The summed E-state index contributed by atoms with van der Waals surface area (Å²) in [7, 11) is 1.38. The molecule has 0 bridgehead atoms. The third-order valence-electron chi connectivity index (χ3n) is 3.72. The molecule has 0 unspecified atom stereocenters. The summed E-state index contributed by atoms with van der Waals surface area (Å²) in [5, 5.41) is 0. The number of hydrogen-bond donors (Lipinski definition) is 1. The van der Waals surface area contributed by atoms with Crippen LogP contribution >= 0.6 is 0 Å². The normalized spacial score (nSPS) is 17.2. The molecule has 0 atom stereocenters. The second kappa shape index (κ2) is 6.64. The average molecular weight is 313 g/mol.